The van der Waals surface area contributed by atoms with Crippen LogP contribution in [0.15, 0.2) is 10.9 Å². The molecule has 1 saturated carbocycles. The van der Waals surface area contributed by atoms with Crippen molar-refractivity contribution in [3.63, 3.8) is 0 Å². The third kappa shape index (κ3) is 4.23. The fourth-order valence-electron chi connectivity index (χ4n) is 5.39. The van der Waals surface area contributed by atoms with Crippen LogP contribution in [0, 0.1) is 5.41 Å². The van der Waals surface area contributed by atoms with E-state index in [1.54, 1.807) is 0 Å². The van der Waals surface area contributed by atoms with Crippen molar-refractivity contribution in [2.45, 2.75) is 64.3 Å². The van der Waals surface area contributed by atoms with Gasteiger partial charge in [-0.1, -0.05) is 33.1 Å². The summed E-state index contributed by atoms with van der Waals surface area (Å²) in [6.07, 6.45) is 6.66. The number of pyridine rings is 1. The van der Waals surface area contributed by atoms with Gasteiger partial charge < -0.3 is 15.0 Å². The molecular formula is C23H33N3O4. The van der Waals surface area contributed by atoms with Gasteiger partial charge in [0, 0.05) is 42.9 Å². The molecule has 0 aromatic carbocycles. The highest BCUT2D eigenvalue weighted by Crippen LogP contribution is 2.35. The molecule has 7 heteroatoms. The molecule has 1 aliphatic heterocycles. The Labute approximate surface area is 177 Å². The van der Waals surface area contributed by atoms with Gasteiger partial charge in [0.2, 0.25) is 0 Å². The number of aromatic nitrogens is 1. The molecule has 164 valence electrons. The Morgan fingerprint density at radius 1 is 1.13 bits per heavy atom. The summed E-state index contributed by atoms with van der Waals surface area (Å²) < 4.78 is 5.52. The molecule has 0 spiro atoms. The van der Waals surface area contributed by atoms with E-state index in [1.165, 1.54) is 12.5 Å². The number of fused-ring (bicyclic) bond motifs is 1. The molecule has 30 heavy (non-hydrogen) atoms. The molecule has 0 unspecified atom stereocenters. The maximum absolute atomic E-state index is 13.0. The van der Waals surface area contributed by atoms with Crippen LogP contribution in [0.3, 0.4) is 0 Å². The molecule has 1 aromatic heterocycles. The number of carbonyl (C=O) groups is 2. The number of hydrogen-bond donors (Lipinski definition) is 2. The quantitative estimate of drug-likeness (QED) is 0.787. The SMILES string of the molecule is CC1(C)CC(=O)c2cc(C(=O)NCC3(N4CCOCC4)CCCCC3)c(=O)[nH]c2C1. The van der Waals surface area contributed by atoms with Gasteiger partial charge in [0.1, 0.15) is 5.56 Å². The number of ether oxygens (including phenoxy) is 1. The maximum atomic E-state index is 13.0. The third-order valence-electron chi connectivity index (χ3n) is 7.01. The number of aromatic amines is 1. The number of H-pyrrole nitrogens is 1. The van der Waals surface area contributed by atoms with Gasteiger partial charge in [-0.3, -0.25) is 19.3 Å². The molecule has 2 N–H and O–H groups in total. The average Bonchev–Trinajstić information content (AvgIpc) is 2.72. The Morgan fingerprint density at radius 3 is 2.53 bits per heavy atom. The van der Waals surface area contributed by atoms with E-state index in [2.05, 4.69) is 15.2 Å². The summed E-state index contributed by atoms with van der Waals surface area (Å²) in [4.78, 5) is 43.4. The second-order valence-electron chi connectivity index (χ2n) is 9.91. The largest absolute Gasteiger partial charge is 0.379 e. The van der Waals surface area contributed by atoms with Gasteiger partial charge >= 0.3 is 0 Å². The molecule has 2 aliphatic carbocycles. The van der Waals surface area contributed by atoms with Crippen LogP contribution in [0.4, 0.5) is 0 Å². The van der Waals surface area contributed by atoms with Gasteiger partial charge in [0.15, 0.2) is 5.78 Å². The standard InChI is InChI=1S/C23H33N3O4/c1-22(2)13-18-16(19(27)14-22)12-17(21(29)25-18)20(28)24-15-23(6-4-3-5-7-23)26-8-10-30-11-9-26/h12H,3-11,13-15H2,1-2H3,(H,24,28)(H,25,29). The van der Waals surface area contributed by atoms with Gasteiger partial charge in [-0.2, -0.15) is 0 Å². The number of ketones is 1. The molecular weight excluding hydrogens is 382 g/mol. The van der Waals surface area contributed by atoms with Gasteiger partial charge in [-0.15, -0.1) is 0 Å². The monoisotopic (exact) mass is 415 g/mol. The lowest BCUT2D eigenvalue weighted by Gasteiger charge is -2.48. The first-order valence-corrected chi connectivity index (χ1v) is 11.2. The lowest BCUT2D eigenvalue weighted by Crippen LogP contribution is -2.59. The number of nitrogens with zero attached hydrogens (tertiary/aromatic N) is 1. The summed E-state index contributed by atoms with van der Waals surface area (Å²) in [5.74, 6) is -0.404. The Bertz CT molecular complexity index is 877. The van der Waals surface area contributed by atoms with Crippen LogP contribution in [0.1, 0.15) is 78.8 Å². The summed E-state index contributed by atoms with van der Waals surface area (Å²) in [6.45, 7) is 7.74. The van der Waals surface area contributed by atoms with Crippen molar-refractivity contribution in [2.75, 3.05) is 32.8 Å². The number of morpholine rings is 1. The molecule has 0 bridgehead atoms. The first-order chi connectivity index (χ1) is 14.3. The number of Topliss-reactive ketones (excluding diaryl/α,β-unsaturated/α-hetero) is 1. The van der Waals surface area contributed by atoms with E-state index in [1.807, 2.05) is 13.8 Å². The van der Waals surface area contributed by atoms with Crippen LogP contribution in [0.2, 0.25) is 0 Å². The number of amides is 1. The van der Waals surface area contributed by atoms with Gasteiger partial charge in [-0.05, 0) is 30.7 Å². The molecule has 3 aliphatic rings. The summed E-state index contributed by atoms with van der Waals surface area (Å²) in [5, 5.41) is 3.03. The summed E-state index contributed by atoms with van der Waals surface area (Å²) in [5.41, 5.74) is 0.506. The van der Waals surface area contributed by atoms with Gasteiger partial charge in [0.25, 0.3) is 11.5 Å². The molecule has 1 saturated heterocycles. The molecule has 4 rings (SSSR count). The van der Waals surface area contributed by atoms with Crippen molar-refractivity contribution < 1.29 is 14.3 Å². The Hall–Kier alpha value is -1.99. The predicted molar refractivity (Wildman–Crippen MR) is 114 cm³/mol. The zero-order valence-corrected chi connectivity index (χ0v) is 18.1. The minimum atomic E-state index is -0.416. The molecule has 0 radical (unpaired) electrons. The van der Waals surface area contributed by atoms with E-state index in [9.17, 15) is 14.4 Å². The Balaban J connectivity index is 1.53. The number of hydrogen-bond acceptors (Lipinski definition) is 5. The summed E-state index contributed by atoms with van der Waals surface area (Å²) in [7, 11) is 0. The molecule has 2 fully saturated rings. The summed E-state index contributed by atoms with van der Waals surface area (Å²) in [6, 6.07) is 1.50. The zero-order chi connectivity index (χ0) is 21.4. The minimum absolute atomic E-state index is 0.0105. The first-order valence-electron chi connectivity index (χ1n) is 11.2. The molecule has 1 amide bonds. The minimum Gasteiger partial charge on any atom is -0.379 e. The summed E-state index contributed by atoms with van der Waals surface area (Å²) >= 11 is 0. The van der Waals surface area contributed by atoms with E-state index in [-0.39, 0.29) is 22.3 Å². The second-order valence-corrected chi connectivity index (χ2v) is 9.91. The third-order valence-corrected chi connectivity index (χ3v) is 7.01. The Morgan fingerprint density at radius 2 is 1.83 bits per heavy atom. The van der Waals surface area contributed by atoms with Crippen LogP contribution in [0.5, 0.6) is 0 Å². The topological polar surface area (TPSA) is 91.5 Å². The fraction of sp³-hybridized carbons (Fsp3) is 0.696. The highest BCUT2D eigenvalue weighted by molar-refractivity contribution is 6.02. The number of carbonyl (C=O) groups excluding carboxylic acids is 2. The lowest BCUT2D eigenvalue weighted by atomic mass is 9.75. The molecule has 2 heterocycles. The maximum Gasteiger partial charge on any atom is 0.261 e. The Kier molecular flexibility index (Phi) is 5.86. The van der Waals surface area contributed by atoms with Crippen molar-refractivity contribution >= 4 is 11.7 Å². The van der Waals surface area contributed by atoms with Crippen molar-refractivity contribution in [1.29, 1.82) is 0 Å². The van der Waals surface area contributed by atoms with Crippen LogP contribution in [0.25, 0.3) is 0 Å². The van der Waals surface area contributed by atoms with E-state index < -0.39 is 11.5 Å². The molecule has 0 atom stereocenters. The van der Waals surface area contributed by atoms with Crippen molar-refractivity contribution in [1.82, 2.24) is 15.2 Å². The molecule has 7 nitrogen and oxygen atoms in total. The first kappa shape index (κ1) is 21.2. The highest BCUT2D eigenvalue weighted by Gasteiger charge is 2.39. The lowest BCUT2D eigenvalue weighted by molar-refractivity contribution is -0.0361. The predicted octanol–water partition coefficient (Wildman–Crippen LogP) is 2.29. The van der Waals surface area contributed by atoms with Gasteiger partial charge in [0.05, 0.1) is 13.2 Å². The number of rotatable bonds is 4. The van der Waals surface area contributed by atoms with E-state index >= 15 is 0 Å². The van der Waals surface area contributed by atoms with E-state index in [0.29, 0.717) is 30.6 Å². The van der Waals surface area contributed by atoms with Gasteiger partial charge in [-0.25, -0.2) is 0 Å². The number of nitrogens with one attached hydrogen (secondary N) is 2. The van der Waals surface area contributed by atoms with Crippen LogP contribution in [-0.2, 0) is 11.2 Å². The van der Waals surface area contributed by atoms with Crippen LogP contribution in [-0.4, -0.2) is 60.0 Å². The van der Waals surface area contributed by atoms with E-state index in [0.717, 1.165) is 52.0 Å². The highest BCUT2D eigenvalue weighted by atomic mass is 16.5. The van der Waals surface area contributed by atoms with Crippen molar-refractivity contribution in [3.05, 3.63) is 33.2 Å². The van der Waals surface area contributed by atoms with Crippen molar-refractivity contribution in [2.24, 2.45) is 5.41 Å². The normalized spacial score (nSPS) is 23.6. The zero-order valence-electron chi connectivity index (χ0n) is 18.1. The van der Waals surface area contributed by atoms with Crippen molar-refractivity contribution in [3.8, 4) is 0 Å². The van der Waals surface area contributed by atoms with Crippen LogP contribution >= 0.6 is 0 Å². The fourth-order valence-corrected chi connectivity index (χ4v) is 5.39. The van der Waals surface area contributed by atoms with Crippen LogP contribution < -0.4 is 10.9 Å². The second kappa shape index (κ2) is 8.27. The smallest absolute Gasteiger partial charge is 0.261 e. The molecule has 1 aromatic rings. The average molecular weight is 416 g/mol. The van der Waals surface area contributed by atoms with E-state index in [4.69, 9.17) is 4.74 Å².